The van der Waals surface area contributed by atoms with E-state index in [-0.39, 0.29) is 6.42 Å². The number of barbiturate groups is 1. The molecule has 4 amide bonds. The van der Waals surface area contributed by atoms with Crippen LogP contribution in [0, 0.1) is 0 Å². The number of hydrogen-bond donors (Lipinski definition) is 2. The molecular weight excluding hydrogens is 236 g/mol. The number of carbonyl (C=O) groups is 3. The summed E-state index contributed by atoms with van der Waals surface area (Å²) in [5.41, 5.74) is 0.637. The maximum Gasteiger partial charge on any atom is 0.331 e. The molecular formula is C12H12N2O4. The molecule has 2 rings (SSSR count). The van der Waals surface area contributed by atoms with Crippen LogP contribution in [0.25, 0.3) is 0 Å². The summed E-state index contributed by atoms with van der Waals surface area (Å²) in [4.78, 5) is 35.3. The standard InChI is InChI=1S/C12H12N2O4/c15-7-9(8-4-2-1-3-5-8)14-11(17)6-10(16)13-12(14)18/h1-5,9,15H,6-7H2,(H,13,16,18). The van der Waals surface area contributed by atoms with Crippen molar-refractivity contribution in [3.8, 4) is 0 Å². The smallest absolute Gasteiger partial charge is 0.331 e. The first-order chi connectivity index (χ1) is 8.63. The summed E-state index contributed by atoms with van der Waals surface area (Å²) in [7, 11) is 0. The number of amides is 4. The van der Waals surface area contributed by atoms with Gasteiger partial charge in [-0.3, -0.25) is 19.8 Å². The largest absolute Gasteiger partial charge is 0.394 e. The van der Waals surface area contributed by atoms with Crippen LogP contribution >= 0.6 is 0 Å². The first kappa shape index (κ1) is 12.3. The molecule has 1 atom stereocenters. The van der Waals surface area contributed by atoms with Crippen molar-refractivity contribution >= 4 is 17.8 Å². The van der Waals surface area contributed by atoms with E-state index in [2.05, 4.69) is 5.32 Å². The Morgan fingerprint density at radius 3 is 2.44 bits per heavy atom. The average Bonchev–Trinajstić information content (AvgIpc) is 2.34. The van der Waals surface area contributed by atoms with E-state index < -0.39 is 30.5 Å². The van der Waals surface area contributed by atoms with Crippen LogP contribution in [-0.4, -0.2) is 34.5 Å². The number of benzene rings is 1. The third-order valence-corrected chi connectivity index (χ3v) is 2.71. The number of hydrogen-bond acceptors (Lipinski definition) is 4. The van der Waals surface area contributed by atoms with Gasteiger partial charge in [0.2, 0.25) is 11.8 Å². The second-order valence-electron chi connectivity index (χ2n) is 3.90. The van der Waals surface area contributed by atoms with Crippen LogP contribution in [0.3, 0.4) is 0 Å². The maximum atomic E-state index is 11.7. The topological polar surface area (TPSA) is 86.7 Å². The summed E-state index contributed by atoms with van der Waals surface area (Å²) in [6, 6.07) is 7.13. The number of aliphatic hydroxyl groups is 1. The molecule has 0 radical (unpaired) electrons. The molecule has 0 spiro atoms. The molecule has 1 saturated heterocycles. The van der Waals surface area contributed by atoms with Gasteiger partial charge in [0.05, 0.1) is 12.6 Å². The van der Waals surface area contributed by atoms with E-state index in [0.29, 0.717) is 5.56 Å². The molecule has 1 aromatic carbocycles. The highest BCUT2D eigenvalue weighted by Gasteiger charge is 2.36. The average molecular weight is 248 g/mol. The van der Waals surface area contributed by atoms with Gasteiger partial charge >= 0.3 is 6.03 Å². The minimum absolute atomic E-state index is 0.380. The number of rotatable bonds is 3. The molecule has 1 unspecified atom stereocenters. The highest BCUT2D eigenvalue weighted by atomic mass is 16.3. The van der Waals surface area contributed by atoms with Crippen LogP contribution in [0.4, 0.5) is 4.79 Å². The number of aliphatic hydroxyl groups excluding tert-OH is 1. The fourth-order valence-electron chi connectivity index (χ4n) is 1.89. The monoisotopic (exact) mass is 248 g/mol. The highest BCUT2D eigenvalue weighted by molar-refractivity contribution is 6.14. The molecule has 1 aromatic rings. The molecule has 0 saturated carbocycles. The Morgan fingerprint density at radius 2 is 1.89 bits per heavy atom. The normalized spacial score (nSPS) is 17.6. The summed E-state index contributed by atoms with van der Waals surface area (Å²) in [6.07, 6.45) is -0.380. The van der Waals surface area contributed by atoms with Gasteiger partial charge < -0.3 is 5.11 Å². The van der Waals surface area contributed by atoms with E-state index in [1.54, 1.807) is 30.3 Å². The molecule has 0 aromatic heterocycles. The van der Waals surface area contributed by atoms with Crippen LogP contribution in [0.1, 0.15) is 18.0 Å². The van der Waals surface area contributed by atoms with Crippen molar-refractivity contribution in [2.45, 2.75) is 12.5 Å². The van der Waals surface area contributed by atoms with Crippen LogP contribution in [0.2, 0.25) is 0 Å². The maximum absolute atomic E-state index is 11.7. The van der Waals surface area contributed by atoms with Crippen molar-refractivity contribution in [2.75, 3.05) is 6.61 Å². The number of carbonyl (C=O) groups excluding carboxylic acids is 3. The number of imide groups is 2. The van der Waals surface area contributed by atoms with Crippen molar-refractivity contribution < 1.29 is 19.5 Å². The SMILES string of the molecule is O=C1CC(=O)N(C(CO)c2ccccc2)C(=O)N1. The molecule has 2 N–H and O–H groups in total. The minimum Gasteiger partial charge on any atom is -0.394 e. The predicted molar refractivity (Wildman–Crippen MR) is 61.3 cm³/mol. The summed E-state index contributed by atoms with van der Waals surface area (Å²) < 4.78 is 0. The summed E-state index contributed by atoms with van der Waals surface area (Å²) >= 11 is 0. The molecule has 1 heterocycles. The van der Waals surface area contributed by atoms with Gasteiger partial charge in [0, 0.05) is 0 Å². The van der Waals surface area contributed by atoms with Crippen LogP contribution in [0.5, 0.6) is 0 Å². The van der Waals surface area contributed by atoms with E-state index in [4.69, 9.17) is 0 Å². The summed E-state index contributed by atoms with van der Waals surface area (Å²) in [5, 5.41) is 11.4. The molecule has 1 aliphatic rings. The lowest BCUT2D eigenvalue weighted by Crippen LogP contribution is -2.54. The van der Waals surface area contributed by atoms with Gasteiger partial charge in [-0.15, -0.1) is 0 Å². The van der Waals surface area contributed by atoms with Gasteiger partial charge in [-0.05, 0) is 5.56 Å². The van der Waals surface area contributed by atoms with E-state index >= 15 is 0 Å². The molecule has 6 nitrogen and oxygen atoms in total. The van der Waals surface area contributed by atoms with E-state index in [9.17, 15) is 19.5 Å². The third kappa shape index (κ3) is 2.23. The van der Waals surface area contributed by atoms with Crippen molar-refractivity contribution in [2.24, 2.45) is 0 Å². The fraction of sp³-hybridized carbons (Fsp3) is 0.250. The van der Waals surface area contributed by atoms with E-state index in [1.165, 1.54) is 0 Å². The zero-order valence-electron chi connectivity index (χ0n) is 9.50. The highest BCUT2D eigenvalue weighted by Crippen LogP contribution is 2.22. The lowest BCUT2D eigenvalue weighted by atomic mass is 10.1. The Hall–Kier alpha value is -2.21. The van der Waals surface area contributed by atoms with Crippen molar-refractivity contribution in [1.82, 2.24) is 10.2 Å². The van der Waals surface area contributed by atoms with Gasteiger partial charge in [-0.1, -0.05) is 30.3 Å². The van der Waals surface area contributed by atoms with Crippen LogP contribution < -0.4 is 5.32 Å². The van der Waals surface area contributed by atoms with Crippen LogP contribution in [0.15, 0.2) is 30.3 Å². The molecule has 1 aliphatic heterocycles. The first-order valence-corrected chi connectivity index (χ1v) is 5.45. The number of nitrogens with zero attached hydrogens (tertiary/aromatic N) is 1. The van der Waals surface area contributed by atoms with Gasteiger partial charge in [-0.2, -0.15) is 0 Å². The Balaban J connectivity index is 2.30. The molecule has 0 aliphatic carbocycles. The zero-order valence-corrected chi connectivity index (χ0v) is 9.50. The number of urea groups is 1. The second-order valence-corrected chi connectivity index (χ2v) is 3.90. The molecule has 1 fully saturated rings. The Labute approximate surface area is 103 Å². The van der Waals surface area contributed by atoms with Crippen molar-refractivity contribution in [3.05, 3.63) is 35.9 Å². The quantitative estimate of drug-likeness (QED) is 0.747. The second kappa shape index (κ2) is 4.97. The fourth-order valence-corrected chi connectivity index (χ4v) is 1.89. The third-order valence-electron chi connectivity index (χ3n) is 2.71. The molecule has 94 valence electrons. The first-order valence-electron chi connectivity index (χ1n) is 5.45. The van der Waals surface area contributed by atoms with E-state index in [0.717, 1.165) is 4.90 Å². The Kier molecular flexibility index (Phi) is 3.38. The number of nitrogens with one attached hydrogen (secondary N) is 1. The summed E-state index contributed by atoms with van der Waals surface area (Å²) in [6.45, 7) is -0.392. The lowest BCUT2D eigenvalue weighted by Gasteiger charge is -2.31. The van der Waals surface area contributed by atoms with Gasteiger partial charge in [0.25, 0.3) is 0 Å². The van der Waals surface area contributed by atoms with Crippen molar-refractivity contribution in [3.63, 3.8) is 0 Å². The van der Waals surface area contributed by atoms with Crippen LogP contribution in [-0.2, 0) is 9.59 Å². The van der Waals surface area contributed by atoms with Gasteiger partial charge in [0.1, 0.15) is 6.42 Å². The lowest BCUT2D eigenvalue weighted by molar-refractivity contribution is -0.138. The minimum atomic E-state index is -0.792. The van der Waals surface area contributed by atoms with Gasteiger partial charge in [0.15, 0.2) is 0 Å². The van der Waals surface area contributed by atoms with E-state index in [1.807, 2.05) is 0 Å². The Morgan fingerprint density at radius 1 is 1.22 bits per heavy atom. The zero-order chi connectivity index (χ0) is 13.1. The molecule has 18 heavy (non-hydrogen) atoms. The predicted octanol–water partition coefficient (Wildman–Crippen LogP) is 0.189. The molecule has 6 heteroatoms. The summed E-state index contributed by atoms with van der Waals surface area (Å²) in [5.74, 6) is -1.22. The van der Waals surface area contributed by atoms with Crippen molar-refractivity contribution in [1.29, 1.82) is 0 Å². The van der Waals surface area contributed by atoms with Gasteiger partial charge in [-0.25, -0.2) is 4.79 Å². The molecule has 0 bridgehead atoms. The Bertz CT molecular complexity index is 466.